The highest BCUT2D eigenvalue weighted by Gasteiger charge is 2.17. The molecule has 2 aromatic heterocycles. The molecular weight excluding hydrogens is 395 g/mol. The highest BCUT2D eigenvalue weighted by molar-refractivity contribution is 5.77. The van der Waals surface area contributed by atoms with Gasteiger partial charge in [-0.2, -0.15) is 4.98 Å². The Morgan fingerprint density at radius 2 is 2.06 bits per heavy atom. The first-order valence-corrected chi connectivity index (χ1v) is 10.4. The van der Waals surface area contributed by atoms with Gasteiger partial charge in [-0.1, -0.05) is 6.07 Å². The van der Waals surface area contributed by atoms with Crippen LogP contribution in [0, 0.1) is 12.7 Å². The lowest BCUT2D eigenvalue weighted by atomic mass is 10.0. The van der Waals surface area contributed by atoms with Gasteiger partial charge in [-0.05, 0) is 73.8 Å². The molecule has 0 aliphatic carbocycles. The summed E-state index contributed by atoms with van der Waals surface area (Å²) in [6.45, 7) is 5.88. The molecule has 4 aromatic rings. The van der Waals surface area contributed by atoms with Crippen molar-refractivity contribution in [2.24, 2.45) is 0 Å². The Morgan fingerprint density at radius 3 is 2.87 bits per heavy atom. The number of nitrogens with zero attached hydrogens (tertiary/aromatic N) is 4. The van der Waals surface area contributed by atoms with Crippen LogP contribution >= 0.6 is 0 Å². The molecule has 31 heavy (non-hydrogen) atoms. The molecule has 7 nitrogen and oxygen atoms in total. The number of fused-ring (bicyclic) bond motifs is 2. The third-order valence-electron chi connectivity index (χ3n) is 5.71. The minimum Gasteiger partial charge on any atom is -0.324 e. The molecule has 0 saturated heterocycles. The summed E-state index contributed by atoms with van der Waals surface area (Å²) < 4.78 is 17.1. The van der Waals surface area contributed by atoms with E-state index in [2.05, 4.69) is 32.7 Å². The molecule has 158 valence electrons. The van der Waals surface area contributed by atoms with E-state index in [0.29, 0.717) is 34.8 Å². The second kappa shape index (κ2) is 7.63. The molecule has 0 fully saturated rings. The van der Waals surface area contributed by atoms with Crippen molar-refractivity contribution < 1.29 is 4.39 Å². The Hall–Kier alpha value is -3.52. The predicted molar refractivity (Wildman–Crippen MR) is 119 cm³/mol. The minimum atomic E-state index is -0.288. The molecule has 0 unspecified atom stereocenters. The summed E-state index contributed by atoms with van der Waals surface area (Å²) in [4.78, 5) is 21.9. The summed E-state index contributed by atoms with van der Waals surface area (Å²) in [7, 11) is 0. The number of benzene rings is 2. The van der Waals surface area contributed by atoms with Crippen LogP contribution in [-0.2, 0) is 19.5 Å². The number of halogens is 1. The highest BCUT2D eigenvalue weighted by atomic mass is 19.1. The summed E-state index contributed by atoms with van der Waals surface area (Å²) >= 11 is 0. The third kappa shape index (κ3) is 3.38. The molecular formula is C23H23FN6O. The molecule has 0 spiro atoms. The van der Waals surface area contributed by atoms with Gasteiger partial charge in [0.25, 0.3) is 5.56 Å². The van der Waals surface area contributed by atoms with Gasteiger partial charge in [0.05, 0.1) is 5.69 Å². The Balaban J connectivity index is 1.60. The maximum absolute atomic E-state index is 13.8. The SMILES string of the molecule is CCn1c(=O)c2cnc(Nc3ccc4c(c3)CNCC4)nc2n1-c1ccc(F)c(C)c1. The molecule has 3 heterocycles. The van der Waals surface area contributed by atoms with Crippen molar-refractivity contribution in [3.8, 4) is 5.69 Å². The smallest absolute Gasteiger partial charge is 0.278 e. The van der Waals surface area contributed by atoms with Crippen molar-refractivity contribution in [2.75, 3.05) is 11.9 Å². The number of aryl methyl sites for hydroxylation is 1. The molecule has 1 aliphatic heterocycles. The Labute approximate surface area is 178 Å². The van der Waals surface area contributed by atoms with Gasteiger partial charge in [0.15, 0.2) is 5.65 Å². The lowest BCUT2D eigenvalue weighted by Crippen LogP contribution is -2.23. The summed E-state index contributed by atoms with van der Waals surface area (Å²) in [5.74, 6) is 0.113. The molecule has 0 amide bonds. The van der Waals surface area contributed by atoms with Crippen LogP contribution < -0.4 is 16.2 Å². The number of hydrogen-bond donors (Lipinski definition) is 2. The van der Waals surface area contributed by atoms with E-state index in [-0.39, 0.29) is 11.4 Å². The van der Waals surface area contributed by atoms with Gasteiger partial charge in [0, 0.05) is 25.0 Å². The van der Waals surface area contributed by atoms with Crippen molar-refractivity contribution in [3.05, 3.63) is 75.5 Å². The van der Waals surface area contributed by atoms with Crippen molar-refractivity contribution in [1.82, 2.24) is 24.6 Å². The Morgan fingerprint density at radius 1 is 1.19 bits per heavy atom. The first-order valence-electron chi connectivity index (χ1n) is 10.4. The lowest BCUT2D eigenvalue weighted by molar-refractivity contribution is 0.572. The highest BCUT2D eigenvalue weighted by Crippen LogP contribution is 2.23. The summed E-state index contributed by atoms with van der Waals surface area (Å²) in [6.07, 6.45) is 2.57. The fourth-order valence-electron chi connectivity index (χ4n) is 4.08. The van der Waals surface area contributed by atoms with Crippen molar-refractivity contribution >= 4 is 22.7 Å². The molecule has 2 N–H and O–H groups in total. The second-order valence-electron chi connectivity index (χ2n) is 7.73. The summed E-state index contributed by atoms with van der Waals surface area (Å²) in [5, 5.41) is 7.06. The maximum atomic E-state index is 13.8. The summed E-state index contributed by atoms with van der Waals surface area (Å²) in [5.41, 5.74) is 4.99. The second-order valence-corrected chi connectivity index (χ2v) is 7.73. The van der Waals surface area contributed by atoms with Crippen LogP contribution in [0.5, 0.6) is 0 Å². The number of rotatable bonds is 4. The largest absolute Gasteiger partial charge is 0.324 e. The lowest BCUT2D eigenvalue weighted by Gasteiger charge is -2.18. The van der Waals surface area contributed by atoms with Gasteiger partial charge in [-0.25, -0.2) is 18.7 Å². The van der Waals surface area contributed by atoms with Gasteiger partial charge in [0.1, 0.15) is 11.2 Å². The fourth-order valence-corrected chi connectivity index (χ4v) is 4.08. The molecule has 5 rings (SSSR count). The predicted octanol–water partition coefficient (Wildman–Crippen LogP) is 3.44. The zero-order chi connectivity index (χ0) is 21.5. The molecule has 2 aromatic carbocycles. The number of hydrogen-bond acceptors (Lipinski definition) is 5. The van der Waals surface area contributed by atoms with Crippen LogP contribution in [0.4, 0.5) is 16.0 Å². The van der Waals surface area contributed by atoms with Crippen LogP contribution in [0.3, 0.4) is 0 Å². The van der Waals surface area contributed by atoms with Gasteiger partial charge in [-0.3, -0.25) is 4.79 Å². The van der Waals surface area contributed by atoms with E-state index in [1.54, 1.807) is 34.6 Å². The van der Waals surface area contributed by atoms with Crippen LogP contribution in [0.1, 0.15) is 23.6 Å². The molecule has 1 aliphatic rings. The first kappa shape index (κ1) is 19.4. The number of aromatic nitrogens is 4. The van der Waals surface area contributed by atoms with Crippen LogP contribution in [0.2, 0.25) is 0 Å². The van der Waals surface area contributed by atoms with E-state index in [1.807, 2.05) is 13.0 Å². The summed E-state index contributed by atoms with van der Waals surface area (Å²) in [6, 6.07) is 11.0. The van der Waals surface area contributed by atoms with Crippen LogP contribution in [-0.4, -0.2) is 25.9 Å². The Bertz CT molecular complexity index is 1360. The maximum Gasteiger partial charge on any atom is 0.278 e. The average Bonchev–Trinajstić information content (AvgIpc) is 3.06. The van der Waals surface area contributed by atoms with Gasteiger partial charge in [-0.15, -0.1) is 0 Å². The van der Waals surface area contributed by atoms with E-state index < -0.39 is 0 Å². The normalized spacial score (nSPS) is 13.4. The zero-order valence-electron chi connectivity index (χ0n) is 17.4. The molecule has 8 heteroatoms. The van der Waals surface area contributed by atoms with E-state index in [0.717, 1.165) is 25.2 Å². The number of anilines is 2. The van der Waals surface area contributed by atoms with E-state index >= 15 is 0 Å². The minimum absolute atomic E-state index is 0.175. The molecule has 0 bridgehead atoms. The zero-order valence-corrected chi connectivity index (χ0v) is 17.4. The first-order chi connectivity index (χ1) is 15.0. The van der Waals surface area contributed by atoms with E-state index in [4.69, 9.17) is 0 Å². The average molecular weight is 418 g/mol. The fraction of sp³-hybridized carbons (Fsp3) is 0.261. The molecule has 0 atom stereocenters. The topological polar surface area (TPSA) is 76.8 Å². The van der Waals surface area contributed by atoms with Gasteiger partial charge >= 0.3 is 0 Å². The van der Waals surface area contributed by atoms with Crippen LogP contribution in [0.15, 0.2) is 47.4 Å². The molecule has 0 radical (unpaired) electrons. The monoisotopic (exact) mass is 418 g/mol. The van der Waals surface area contributed by atoms with E-state index in [9.17, 15) is 9.18 Å². The number of nitrogens with one attached hydrogen (secondary N) is 2. The molecule has 0 saturated carbocycles. The van der Waals surface area contributed by atoms with Crippen LogP contribution in [0.25, 0.3) is 16.7 Å². The standard InChI is InChI=1S/C23H23FN6O/c1-3-29-22(31)19-13-26-23(27-17-5-4-15-8-9-25-12-16(15)11-17)28-21(19)30(29)18-6-7-20(24)14(2)10-18/h4-7,10-11,13,25H,3,8-9,12H2,1-2H3,(H,26,27,28). The van der Waals surface area contributed by atoms with E-state index in [1.165, 1.54) is 17.2 Å². The Kier molecular flexibility index (Phi) is 4.78. The van der Waals surface area contributed by atoms with Gasteiger partial charge in [0.2, 0.25) is 5.95 Å². The van der Waals surface area contributed by atoms with Gasteiger partial charge < -0.3 is 10.6 Å². The third-order valence-corrected chi connectivity index (χ3v) is 5.71. The quantitative estimate of drug-likeness (QED) is 0.531. The van der Waals surface area contributed by atoms with Crippen molar-refractivity contribution in [1.29, 1.82) is 0 Å². The van der Waals surface area contributed by atoms with Crippen molar-refractivity contribution in [2.45, 2.75) is 33.4 Å². The van der Waals surface area contributed by atoms with Crippen molar-refractivity contribution in [3.63, 3.8) is 0 Å².